The molecule has 0 aromatic carbocycles. The molecule has 0 aliphatic rings. The smallest absolute Gasteiger partial charge is 0.169 e. The van der Waals surface area contributed by atoms with Crippen LogP contribution in [0.1, 0.15) is 33.1 Å². The molecule has 0 aromatic heterocycles. The van der Waals surface area contributed by atoms with E-state index >= 15 is 0 Å². The monoisotopic (exact) mass is 175 g/mol. The molecule has 12 heavy (non-hydrogen) atoms. The molecular weight excluding hydrogens is 154 g/mol. The van der Waals surface area contributed by atoms with Crippen molar-refractivity contribution in [3.05, 3.63) is 0 Å². The predicted molar refractivity (Wildman–Crippen MR) is 49.9 cm³/mol. The van der Waals surface area contributed by atoms with Gasteiger partial charge in [0.15, 0.2) is 6.29 Å². The second-order valence-electron chi connectivity index (χ2n) is 2.76. The van der Waals surface area contributed by atoms with E-state index in [4.69, 9.17) is 15.2 Å². The van der Waals surface area contributed by atoms with E-state index < -0.39 is 0 Å². The van der Waals surface area contributed by atoms with Crippen LogP contribution in [0.3, 0.4) is 0 Å². The third-order valence-corrected chi connectivity index (χ3v) is 1.50. The lowest BCUT2D eigenvalue weighted by Gasteiger charge is -2.15. The maximum atomic E-state index is 5.45. The highest BCUT2D eigenvalue weighted by atomic mass is 16.7. The van der Waals surface area contributed by atoms with Crippen molar-refractivity contribution in [2.45, 2.75) is 39.4 Å². The first-order valence-electron chi connectivity index (χ1n) is 4.78. The molecule has 1 atom stereocenters. The average molecular weight is 175 g/mol. The molecular formula is C9H21NO2. The SMILES string of the molecule is CCCCOC(CN)OCCC. The summed E-state index contributed by atoms with van der Waals surface area (Å²) < 4.78 is 10.7. The molecule has 0 radical (unpaired) electrons. The molecule has 0 heterocycles. The van der Waals surface area contributed by atoms with Gasteiger partial charge in [0.25, 0.3) is 0 Å². The molecule has 0 aromatic rings. The van der Waals surface area contributed by atoms with Crippen LogP contribution < -0.4 is 5.73 Å². The van der Waals surface area contributed by atoms with Gasteiger partial charge in [0.2, 0.25) is 0 Å². The predicted octanol–water partition coefficient (Wildman–Crippen LogP) is 1.51. The van der Waals surface area contributed by atoms with Gasteiger partial charge < -0.3 is 15.2 Å². The van der Waals surface area contributed by atoms with Gasteiger partial charge in [-0.2, -0.15) is 0 Å². The lowest BCUT2D eigenvalue weighted by Crippen LogP contribution is -2.27. The number of hydrogen-bond donors (Lipinski definition) is 1. The van der Waals surface area contributed by atoms with Crippen LogP contribution in [0.25, 0.3) is 0 Å². The van der Waals surface area contributed by atoms with E-state index in [2.05, 4.69) is 13.8 Å². The van der Waals surface area contributed by atoms with E-state index in [0.29, 0.717) is 6.54 Å². The zero-order valence-electron chi connectivity index (χ0n) is 8.21. The van der Waals surface area contributed by atoms with Crippen molar-refractivity contribution in [1.82, 2.24) is 0 Å². The third-order valence-electron chi connectivity index (χ3n) is 1.50. The van der Waals surface area contributed by atoms with Crippen molar-refractivity contribution in [2.75, 3.05) is 19.8 Å². The zero-order valence-corrected chi connectivity index (χ0v) is 8.21. The van der Waals surface area contributed by atoms with Gasteiger partial charge in [-0.1, -0.05) is 20.3 Å². The highest BCUT2D eigenvalue weighted by Gasteiger charge is 2.04. The fourth-order valence-corrected chi connectivity index (χ4v) is 0.793. The lowest BCUT2D eigenvalue weighted by molar-refractivity contribution is -0.136. The number of nitrogens with two attached hydrogens (primary N) is 1. The Balaban J connectivity index is 3.26. The minimum Gasteiger partial charge on any atom is -0.351 e. The first kappa shape index (κ1) is 11.9. The molecule has 0 fully saturated rings. The van der Waals surface area contributed by atoms with E-state index in [1.54, 1.807) is 0 Å². The van der Waals surface area contributed by atoms with Crippen LogP contribution >= 0.6 is 0 Å². The second-order valence-corrected chi connectivity index (χ2v) is 2.76. The average Bonchev–Trinajstić information content (AvgIpc) is 2.11. The summed E-state index contributed by atoms with van der Waals surface area (Å²) in [5.41, 5.74) is 5.45. The minimum atomic E-state index is -0.198. The number of rotatable bonds is 8. The number of unbranched alkanes of at least 4 members (excludes halogenated alkanes) is 1. The van der Waals surface area contributed by atoms with Gasteiger partial charge in [0.1, 0.15) is 0 Å². The summed E-state index contributed by atoms with van der Waals surface area (Å²) in [7, 11) is 0. The van der Waals surface area contributed by atoms with Crippen LogP contribution in [-0.4, -0.2) is 26.0 Å². The Bertz CT molecular complexity index is 88.6. The quantitative estimate of drug-likeness (QED) is 0.449. The number of hydrogen-bond acceptors (Lipinski definition) is 3. The molecule has 74 valence electrons. The summed E-state index contributed by atoms with van der Waals surface area (Å²) in [6, 6.07) is 0. The molecule has 0 rings (SSSR count). The first-order chi connectivity index (χ1) is 5.85. The fourth-order valence-electron chi connectivity index (χ4n) is 0.793. The summed E-state index contributed by atoms with van der Waals surface area (Å²) in [5.74, 6) is 0. The van der Waals surface area contributed by atoms with E-state index in [9.17, 15) is 0 Å². The van der Waals surface area contributed by atoms with Crippen LogP contribution in [-0.2, 0) is 9.47 Å². The van der Waals surface area contributed by atoms with Crippen molar-refractivity contribution in [2.24, 2.45) is 5.73 Å². The van der Waals surface area contributed by atoms with E-state index in [0.717, 1.165) is 32.5 Å². The van der Waals surface area contributed by atoms with Crippen molar-refractivity contribution < 1.29 is 9.47 Å². The molecule has 0 aliphatic carbocycles. The Kier molecular flexibility index (Phi) is 8.88. The lowest BCUT2D eigenvalue weighted by atomic mass is 10.4. The zero-order chi connectivity index (χ0) is 9.23. The molecule has 3 heteroatoms. The summed E-state index contributed by atoms with van der Waals surface area (Å²) in [4.78, 5) is 0. The minimum absolute atomic E-state index is 0.198. The maximum absolute atomic E-state index is 5.45. The van der Waals surface area contributed by atoms with Crippen LogP contribution in [0.15, 0.2) is 0 Å². The molecule has 0 amide bonds. The van der Waals surface area contributed by atoms with Crippen LogP contribution in [0, 0.1) is 0 Å². The Morgan fingerprint density at radius 2 is 1.75 bits per heavy atom. The highest BCUT2D eigenvalue weighted by Crippen LogP contribution is 1.97. The molecule has 0 bridgehead atoms. The van der Waals surface area contributed by atoms with Crippen molar-refractivity contribution in [1.29, 1.82) is 0 Å². The van der Waals surface area contributed by atoms with Crippen molar-refractivity contribution >= 4 is 0 Å². The van der Waals surface area contributed by atoms with Gasteiger partial charge >= 0.3 is 0 Å². The van der Waals surface area contributed by atoms with E-state index in [1.165, 1.54) is 0 Å². The van der Waals surface area contributed by atoms with E-state index in [1.807, 2.05) is 0 Å². The standard InChI is InChI=1S/C9H21NO2/c1-3-5-7-12-9(8-10)11-6-4-2/h9H,3-8,10H2,1-2H3. The Morgan fingerprint density at radius 1 is 1.08 bits per heavy atom. The molecule has 0 saturated heterocycles. The second kappa shape index (κ2) is 8.97. The van der Waals surface area contributed by atoms with Crippen LogP contribution in [0.5, 0.6) is 0 Å². The fraction of sp³-hybridized carbons (Fsp3) is 1.00. The number of ether oxygens (including phenoxy) is 2. The molecule has 0 saturated carbocycles. The Labute approximate surface area is 75.2 Å². The Hall–Kier alpha value is -0.120. The van der Waals surface area contributed by atoms with Gasteiger partial charge in [-0.05, 0) is 12.8 Å². The third kappa shape index (κ3) is 6.58. The summed E-state index contributed by atoms with van der Waals surface area (Å²) in [6.45, 7) is 6.13. The van der Waals surface area contributed by atoms with E-state index in [-0.39, 0.29) is 6.29 Å². The normalized spacial score (nSPS) is 13.2. The van der Waals surface area contributed by atoms with Crippen LogP contribution in [0.2, 0.25) is 0 Å². The van der Waals surface area contributed by atoms with Gasteiger partial charge in [-0.15, -0.1) is 0 Å². The highest BCUT2D eigenvalue weighted by molar-refractivity contribution is 4.44. The summed E-state index contributed by atoms with van der Waals surface area (Å²) >= 11 is 0. The first-order valence-corrected chi connectivity index (χ1v) is 4.78. The molecule has 0 spiro atoms. The molecule has 1 unspecified atom stereocenters. The van der Waals surface area contributed by atoms with Crippen LogP contribution in [0.4, 0.5) is 0 Å². The van der Waals surface area contributed by atoms with Gasteiger partial charge in [-0.3, -0.25) is 0 Å². The van der Waals surface area contributed by atoms with Crippen molar-refractivity contribution in [3.63, 3.8) is 0 Å². The summed E-state index contributed by atoms with van der Waals surface area (Å²) in [5, 5.41) is 0. The van der Waals surface area contributed by atoms with Gasteiger partial charge in [0.05, 0.1) is 0 Å². The molecule has 3 nitrogen and oxygen atoms in total. The molecule has 2 N–H and O–H groups in total. The van der Waals surface area contributed by atoms with Gasteiger partial charge in [0, 0.05) is 19.8 Å². The molecule has 0 aliphatic heterocycles. The van der Waals surface area contributed by atoms with Gasteiger partial charge in [-0.25, -0.2) is 0 Å². The Morgan fingerprint density at radius 3 is 2.25 bits per heavy atom. The topological polar surface area (TPSA) is 44.5 Å². The largest absolute Gasteiger partial charge is 0.351 e. The summed E-state index contributed by atoms with van der Waals surface area (Å²) in [6.07, 6.45) is 3.03. The van der Waals surface area contributed by atoms with Crippen molar-refractivity contribution in [3.8, 4) is 0 Å². The maximum Gasteiger partial charge on any atom is 0.169 e.